The summed E-state index contributed by atoms with van der Waals surface area (Å²) in [5, 5.41) is 12.7. The van der Waals surface area contributed by atoms with Crippen LogP contribution in [0, 0.1) is 0 Å². The molecule has 0 atom stereocenters. The summed E-state index contributed by atoms with van der Waals surface area (Å²) in [7, 11) is 0. The monoisotopic (exact) mass is 299 g/mol. The highest BCUT2D eigenvalue weighted by atomic mass is 32.1. The molecule has 7 heteroatoms. The Balaban J connectivity index is 2.77. The summed E-state index contributed by atoms with van der Waals surface area (Å²) in [5.41, 5.74) is 0.742. The summed E-state index contributed by atoms with van der Waals surface area (Å²) in [6.45, 7) is 6.31. The second kappa shape index (κ2) is 7.94. The lowest BCUT2D eigenvalue weighted by atomic mass is 10.2. The molecule has 112 valence electrons. The Morgan fingerprint density at radius 1 is 1.40 bits per heavy atom. The Hall–Kier alpha value is -1.50. The molecule has 0 aliphatic rings. The lowest BCUT2D eigenvalue weighted by molar-refractivity contribution is -0.137. The van der Waals surface area contributed by atoms with Crippen molar-refractivity contribution in [3.05, 3.63) is 10.6 Å². The number of nitrogens with zero attached hydrogens (tertiary/aromatic N) is 3. The van der Waals surface area contributed by atoms with E-state index in [4.69, 9.17) is 5.11 Å². The van der Waals surface area contributed by atoms with Crippen LogP contribution >= 0.6 is 11.5 Å². The number of hydrogen-bond acceptors (Lipinski definition) is 5. The van der Waals surface area contributed by atoms with Crippen LogP contribution in [0.3, 0.4) is 0 Å². The lowest BCUT2D eigenvalue weighted by Crippen LogP contribution is -2.38. The van der Waals surface area contributed by atoms with E-state index in [-0.39, 0.29) is 18.4 Å². The highest BCUT2D eigenvalue weighted by molar-refractivity contribution is 7.08. The Bertz CT molecular complexity index is 459. The molecule has 0 unspecified atom stereocenters. The number of aryl methyl sites for hydroxylation is 1. The SMILES string of the molecule is CCCc1nnsc1C(=O)N(CCCC(=O)O)C(C)C. The van der Waals surface area contributed by atoms with Gasteiger partial charge in [-0.1, -0.05) is 17.8 Å². The predicted molar refractivity (Wildman–Crippen MR) is 76.9 cm³/mol. The van der Waals surface area contributed by atoms with Gasteiger partial charge in [0.25, 0.3) is 5.91 Å². The number of carbonyl (C=O) groups is 2. The van der Waals surface area contributed by atoms with Gasteiger partial charge in [-0.15, -0.1) is 5.10 Å². The molecule has 1 rings (SSSR count). The van der Waals surface area contributed by atoms with E-state index in [1.807, 2.05) is 20.8 Å². The van der Waals surface area contributed by atoms with Gasteiger partial charge in [-0.05, 0) is 38.2 Å². The van der Waals surface area contributed by atoms with E-state index in [1.54, 1.807) is 4.90 Å². The zero-order valence-corrected chi connectivity index (χ0v) is 12.9. The first kappa shape index (κ1) is 16.6. The van der Waals surface area contributed by atoms with E-state index in [1.165, 1.54) is 0 Å². The van der Waals surface area contributed by atoms with Gasteiger partial charge in [-0.3, -0.25) is 9.59 Å². The van der Waals surface area contributed by atoms with Crippen LogP contribution < -0.4 is 0 Å². The molecule has 0 saturated carbocycles. The van der Waals surface area contributed by atoms with E-state index in [0.29, 0.717) is 17.8 Å². The highest BCUT2D eigenvalue weighted by Crippen LogP contribution is 2.17. The fraction of sp³-hybridized carbons (Fsp3) is 0.692. The second-order valence-electron chi connectivity index (χ2n) is 4.89. The van der Waals surface area contributed by atoms with Crippen molar-refractivity contribution in [1.29, 1.82) is 0 Å². The second-order valence-corrected chi connectivity index (χ2v) is 5.64. The molecule has 0 aliphatic carbocycles. The highest BCUT2D eigenvalue weighted by Gasteiger charge is 2.23. The van der Waals surface area contributed by atoms with Gasteiger partial charge in [0.15, 0.2) is 0 Å². The van der Waals surface area contributed by atoms with Crippen molar-refractivity contribution in [2.45, 2.75) is 52.5 Å². The predicted octanol–water partition coefficient (Wildman–Crippen LogP) is 2.21. The average molecular weight is 299 g/mol. The molecule has 0 bridgehead atoms. The molecule has 0 spiro atoms. The van der Waals surface area contributed by atoms with E-state index >= 15 is 0 Å². The maximum Gasteiger partial charge on any atom is 0.303 e. The van der Waals surface area contributed by atoms with Gasteiger partial charge in [0, 0.05) is 19.0 Å². The van der Waals surface area contributed by atoms with Crippen molar-refractivity contribution in [2.24, 2.45) is 0 Å². The van der Waals surface area contributed by atoms with Gasteiger partial charge >= 0.3 is 5.97 Å². The third kappa shape index (κ3) is 4.56. The summed E-state index contributed by atoms with van der Waals surface area (Å²) in [5.74, 6) is -0.934. The van der Waals surface area contributed by atoms with E-state index in [2.05, 4.69) is 9.59 Å². The Morgan fingerprint density at radius 2 is 2.10 bits per heavy atom. The van der Waals surface area contributed by atoms with Gasteiger partial charge < -0.3 is 10.0 Å². The number of hydrogen-bond donors (Lipinski definition) is 1. The maximum atomic E-state index is 12.5. The molecule has 1 aromatic heterocycles. The number of rotatable bonds is 8. The minimum atomic E-state index is -0.840. The van der Waals surface area contributed by atoms with Gasteiger partial charge in [0.2, 0.25) is 0 Å². The molecule has 0 aliphatic heterocycles. The van der Waals surface area contributed by atoms with Crippen LogP contribution in [-0.4, -0.2) is 44.1 Å². The fourth-order valence-electron chi connectivity index (χ4n) is 1.90. The summed E-state index contributed by atoms with van der Waals surface area (Å²) < 4.78 is 3.86. The molecular formula is C13H21N3O3S. The molecule has 20 heavy (non-hydrogen) atoms. The van der Waals surface area contributed by atoms with Crippen LogP contribution in [0.25, 0.3) is 0 Å². The summed E-state index contributed by atoms with van der Waals surface area (Å²) in [4.78, 5) is 25.4. The standard InChI is InChI=1S/C13H21N3O3S/c1-4-6-10-12(20-15-14-10)13(19)16(9(2)3)8-5-7-11(17)18/h9H,4-8H2,1-3H3,(H,17,18). The molecule has 0 saturated heterocycles. The van der Waals surface area contributed by atoms with Crippen molar-refractivity contribution in [1.82, 2.24) is 14.5 Å². The number of carboxylic acids is 1. The molecule has 6 nitrogen and oxygen atoms in total. The van der Waals surface area contributed by atoms with Crippen molar-refractivity contribution < 1.29 is 14.7 Å². The van der Waals surface area contributed by atoms with Crippen LogP contribution in [-0.2, 0) is 11.2 Å². The van der Waals surface area contributed by atoms with Crippen molar-refractivity contribution in [3.63, 3.8) is 0 Å². The third-order valence-electron chi connectivity index (χ3n) is 2.91. The molecule has 0 fully saturated rings. The summed E-state index contributed by atoms with van der Waals surface area (Å²) in [6.07, 6.45) is 2.17. The molecule has 0 radical (unpaired) electrons. The number of aliphatic carboxylic acids is 1. The lowest BCUT2D eigenvalue weighted by Gasteiger charge is -2.26. The Labute approximate surface area is 123 Å². The maximum absolute atomic E-state index is 12.5. The van der Waals surface area contributed by atoms with E-state index in [9.17, 15) is 9.59 Å². The van der Waals surface area contributed by atoms with E-state index < -0.39 is 5.97 Å². The molecule has 1 heterocycles. The summed E-state index contributed by atoms with van der Waals surface area (Å²) >= 11 is 1.11. The van der Waals surface area contributed by atoms with Gasteiger partial charge in [-0.25, -0.2) is 0 Å². The molecule has 0 aromatic carbocycles. The number of carboxylic acid groups (broad SMARTS) is 1. The van der Waals surface area contributed by atoms with Crippen molar-refractivity contribution in [3.8, 4) is 0 Å². The summed E-state index contributed by atoms with van der Waals surface area (Å²) in [6, 6.07) is 0.0212. The Kier molecular flexibility index (Phi) is 6.57. The van der Waals surface area contributed by atoms with Crippen LogP contribution in [0.1, 0.15) is 55.4 Å². The van der Waals surface area contributed by atoms with Crippen LogP contribution in [0.4, 0.5) is 0 Å². The topological polar surface area (TPSA) is 83.4 Å². The molecular weight excluding hydrogens is 278 g/mol. The Morgan fingerprint density at radius 3 is 2.65 bits per heavy atom. The zero-order valence-electron chi connectivity index (χ0n) is 12.1. The normalized spacial score (nSPS) is 10.8. The van der Waals surface area contributed by atoms with Gasteiger partial charge in [-0.2, -0.15) is 0 Å². The number of carbonyl (C=O) groups excluding carboxylic acids is 1. The quantitative estimate of drug-likeness (QED) is 0.795. The minimum Gasteiger partial charge on any atom is -0.481 e. The van der Waals surface area contributed by atoms with E-state index in [0.717, 1.165) is 30.1 Å². The first-order valence-electron chi connectivity index (χ1n) is 6.81. The third-order valence-corrected chi connectivity index (χ3v) is 3.67. The molecule has 1 amide bonds. The van der Waals surface area contributed by atoms with Gasteiger partial charge in [0.1, 0.15) is 4.88 Å². The van der Waals surface area contributed by atoms with Gasteiger partial charge in [0.05, 0.1) is 5.69 Å². The first-order chi connectivity index (χ1) is 9.47. The van der Waals surface area contributed by atoms with Crippen molar-refractivity contribution in [2.75, 3.05) is 6.54 Å². The average Bonchev–Trinajstić information content (AvgIpc) is 2.82. The minimum absolute atomic E-state index is 0.0212. The van der Waals surface area contributed by atoms with Crippen LogP contribution in [0.15, 0.2) is 0 Å². The van der Waals surface area contributed by atoms with Crippen molar-refractivity contribution >= 4 is 23.4 Å². The van der Waals surface area contributed by atoms with Crippen LogP contribution in [0.5, 0.6) is 0 Å². The molecule has 1 aromatic rings. The fourth-order valence-corrected chi connectivity index (χ4v) is 2.56. The number of aromatic nitrogens is 2. The number of amides is 1. The zero-order chi connectivity index (χ0) is 15.1. The largest absolute Gasteiger partial charge is 0.481 e. The van der Waals surface area contributed by atoms with Crippen LogP contribution in [0.2, 0.25) is 0 Å². The first-order valence-corrected chi connectivity index (χ1v) is 7.58. The smallest absolute Gasteiger partial charge is 0.303 e. The molecule has 1 N–H and O–H groups in total.